The maximum absolute atomic E-state index is 9.00. The second kappa shape index (κ2) is 11.7. The topological polar surface area (TPSA) is 23.8 Å². The van der Waals surface area contributed by atoms with Gasteiger partial charge in [-0.05, 0) is 82.0 Å². The third-order valence-corrected chi connectivity index (χ3v) is 6.54. The molecule has 0 bridgehead atoms. The van der Waals surface area contributed by atoms with Crippen LogP contribution in [0.5, 0.6) is 0 Å². The molecule has 0 aromatic heterocycles. The number of nitrogens with zero attached hydrogens (tertiary/aromatic N) is 1. The highest BCUT2D eigenvalue weighted by Crippen LogP contribution is 2.36. The lowest BCUT2D eigenvalue weighted by Crippen LogP contribution is -2.17. The molecule has 0 aromatic rings. The fourth-order valence-corrected chi connectivity index (χ4v) is 4.70. The lowest BCUT2D eigenvalue weighted by molar-refractivity contribution is 0.242. The van der Waals surface area contributed by atoms with Crippen molar-refractivity contribution in [2.45, 2.75) is 103 Å². The van der Waals surface area contributed by atoms with Crippen LogP contribution < -0.4 is 0 Å². The Morgan fingerprint density at radius 2 is 1.46 bits per heavy atom. The molecule has 2 saturated carbocycles. The first-order valence-electron chi connectivity index (χ1n) is 10.9. The van der Waals surface area contributed by atoms with Crippen LogP contribution in [0.2, 0.25) is 0 Å². The number of hydrogen-bond donors (Lipinski definition) is 0. The van der Waals surface area contributed by atoms with Crippen molar-refractivity contribution >= 4 is 0 Å². The van der Waals surface area contributed by atoms with Gasteiger partial charge in [-0.3, -0.25) is 0 Å². The fraction of sp³-hybridized carbons (Fsp3) is 0.870. The SMILES string of the molecule is CCCCCC/C=C/[C@H]1CC[C@H](CCC2CCC(C#N)CC2)CC1. The average Bonchev–Trinajstić information content (AvgIpc) is 2.64. The van der Waals surface area contributed by atoms with E-state index in [4.69, 9.17) is 5.26 Å². The predicted octanol–water partition coefficient (Wildman–Crippen LogP) is 7.43. The molecule has 0 amide bonds. The van der Waals surface area contributed by atoms with Crippen molar-refractivity contribution in [3.63, 3.8) is 0 Å². The second-order valence-electron chi connectivity index (χ2n) is 8.48. The lowest BCUT2D eigenvalue weighted by Gasteiger charge is -2.30. The fourth-order valence-electron chi connectivity index (χ4n) is 4.70. The molecule has 136 valence electrons. The van der Waals surface area contributed by atoms with E-state index >= 15 is 0 Å². The zero-order valence-electron chi connectivity index (χ0n) is 16.0. The molecule has 2 fully saturated rings. The Labute approximate surface area is 150 Å². The minimum absolute atomic E-state index is 0.366. The third kappa shape index (κ3) is 7.42. The Morgan fingerprint density at radius 1 is 0.833 bits per heavy atom. The average molecular weight is 330 g/mol. The van der Waals surface area contributed by atoms with E-state index in [1.54, 1.807) is 0 Å². The van der Waals surface area contributed by atoms with Crippen LogP contribution >= 0.6 is 0 Å². The molecule has 24 heavy (non-hydrogen) atoms. The summed E-state index contributed by atoms with van der Waals surface area (Å²) in [5.74, 6) is 3.16. The summed E-state index contributed by atoms with van der Waals surface area (Å²) < 4.78 is 0. The summed E-state index contributed by atoms with van der Waals surface area (Å²) in [6.07, 6.45) is 25.4. The molecule has 1 nitrogen and oxygen atoms in total. The lowest BCUT2D eigenvalue weighted by atomic mass is 9.76. The third-order valence-electron chi connectivity index (χ3n) is 6.54. The molecule has 2 rings (SSSR count). The molecule has 0 aliphatic heterocycles. The van der Waals surface area contributed by atoms with Gasteiger partial charge in [-0.2, -0.15) is 5.26 Å². The van der Waals surface area contributed by atoms with Gasteiger partial charge in [0.05, 0.1) is 6.07 Å². The Kier molecular flexibility index (Phi) is 9.55. The molecule has 0 unspecified atom stereocenters. The van der Waals surface area contributed by atoms with Crippen molar-refractivity contribution in [2.75, 3.05) is 0 Å². The highest BCUT2D eigenvalue weighted by atomic mass is 14.3. The van der Waals surface area contributed by atoms with Gasteiger partial charge in [0.15, 0.2) is 0 Å². The highest BCUT2D eigenvalue weighted by Gasteiger charge is 2.23. The van der Waals surface area contributed by atoms with Crippen LogP contribution in [0.1, 0.15) is 103 Å². The predicted molar refractivity (Wildman–Crippen MR) is 104 cm³/mol. The zero-order valence-corrected chi connectivity index (χ0v) is 16.0. The maximum atomic E-state index is 9.00. The van der Waals surface area contributed by atoms with Crippen LogP contribution in [0.3, 0.4) is 0 Å². The summed E-state index contributed by atoms with van der Waals surface area (Å²) in [5.41, 5.74) is 0. The summed E-state index contributed by atoms with van der Waals surface area (Å²) in [6.45, 7) is 2.28. The number of nitriles is 1. The van der Waals surface area contributed by atoms with Crippen LogP contribution in [0.25, 0.3) is 0 Å². The van der Waals surface area contributed by atoms with Gasteiger partial charge in [0.1, 0.15) is 0 Å². The molecule has 0 radical (unpaired) electrons. The normalized spacial score (nSPS) is 31.2. The second-order valence-corrected chi connectivity index (χ2v) is 8.48. The maximum Gasteiger partial charge on any atom is 0.0655 e. The molecule has 0 atom stereocenters. The Balaban J connectivity index is 1.52. The van der Waals surface area contributed by atoms with Crippen molar-refractivity contribution in [2.24, 2.45) is 23.7 Å². The monoisotopic (exact) mass is 329 g/mol. The Morgan fingerprint density at radius 3 is 2.04 bits per heavy atom. The van der Waals surface area contributed by atoms with E-state index in [9.17, 15) is 0 Å². The van der Waals surface area contributed by atoms with Gasteiger partial charge in [-0.1, -0.05) is 51.2 Å². The van der Waals surface area contributed by atoms with Crippen molar-refractivity contribution < 1.29 is 0 Å². The van der Waals surface area contributed by atoms with Crippen LogP contribution in [0, 0.1) is 35.0 Å². The van der Waals surface area contributed by atoms with Crippen molar-refractivity contribution in [1.29, 1.82) is 5.26 Å². The number of unbranched alkanes of at least 4 members (excludes halogenated alkanes) is 4. The molecule has 0 aromatic carbocycles. The van der Waals surface area contributed by atoms with E-state index in [-0.39, 0.29) is 0 Å². The molecular weight excluding hydrogens is 290 g/mol. The number of allylic oxidation sites excluding steroid dienone is 2. The van der Waals surface area contributed by atoms with Gasteiger partial charge in [-0.25, -0.2) is 0 Å². The Bertz CT molecular complexity index is 375. The van der Waals surface area contributed by atoms with E-state index < -0.39 is 0 Å². The number of rotatable bonds is 9. The Hall–Kier alpha value is -0.770. The zero-order chi connectivity index (χ0) is 17.0. The smallest absolute Gasteiger partial charge is 0.0655 e. The molecular formula is C23H39N. The quantitative estimate of drug-likeness (QED) is 0.319. The van der Waals surface area contributed by atoms with Gasteiger partial charge in [0.2, 0.25) is 0 Å². The molecule has 0 spiro atoms. The summed E-state index contributed by atoms with van der Waals surface area (Å²) >= 11 is 0. The highest BCUT2D eigenvalue weighted by molar-refractivity contribution is 4.91. The minimum Gasteiger partial charge on any atom is -0.198 e. The first-order valence-corrected chi connectivity index (χ1v) is 10.9. The van der Waals surface area contributed by atoms with Crippen molar-refractivity contribution in [3.05, 3.63) is 12.2 Å². The van der Waals surface area contributed by atoms with Crippen LogP contribution in [-0.2, 0) is 0 Å². The van der Waals surface area contributed by atoms with E-state index in [0.717, 1.165) is 30.6 Å². The molecule has 0 saturated heterocycles. The molecule has 0 heterocycles. The minimum atomic E-state index is 0.366. The summed E-state index contributed by atoms with van der Waals surface area (Å²) in [5, 5.41) is 9.00. The van der Waals surface area contributed by atoms with Crippen LogP contribution in [0.15, 0.2) is 12.2 Å². The summed E-state index contributed by atoms with van der Waals surface area (Å²) in [6, 6.07) is 2.46. The molecule has 0 N–H and O–H groups in total. The first-order chi connectivity index (χ1) is 11.8. The van der Waals surface area contributed by atoms with E-state index in [1.165, 1.54) is 83.5 Å². The van der Waals surface area contributed by atoms with Gasteiger partial charge >= 0.3 is 0 Å². The largest absolute Gasteiger partial charge is 0.198 e. The summed E-state index contributed by atoms with van der Waals surface area (Å²) in [7, 11) is 0. The van der Waals surface area contributed by atoms with Crippen LogP contribution in [0.4, 0.5) is 0 Å². The van der Waals surface area contributed by atoms with Crippen LogP contribution in [-0.4, -0.2) is 0 Å². The van der Waals surface area contributed by atoms with Gasteiger partial charge in [0, 0.05) is 5.92 Å². The van der Waals surface area contributed by atoms with E-state index in [2.05, 4.69) is 25.1 Å². The van der Waals surface area contributed by atoms with Crippen molar-refractivity contribution in [1.82, 2.24) is 0 Å². The number of hydrogen-bond acceptors (Lipinski definition) is 1. The summed E-state index contributed by atoms with van der Waals surface area (Å²) in [4.78, 5) is 0. The molecule has 1 heteroatoms. The molecule has 2 aliphatic rings. The van der Waals surface area contributed by atoms with Gasteiger partial charge in [0.25, 0.3) is 0 Å². The van der Waals surface area contributed by atoms with Gasteiger partial charge in [-0.15, -0.1) is 0 Å². The van der Waals surface area contributed by atoms with Gasteiger partial charge < -0.3 is 0 Å². The first kappa shape index (κ1) is 19.6. The van der Waals surface area contributed by atoms with E-state index in [0.29, 0.717) is 5.92 Å². The standard InChI is InChI=1S/C23H39N/c1-2-3-4-5-6-7-8-20-9-11-21(12-10-20)13-14-22-15-17-23(19-24)18-16-22/h7-8,20-23H,2-6,9-18H2,1H3/b8-7+/t20-,21-,22?,23?. The molecule has 2 aliphatic carbocycles. The van der Waals surface area contributed by atoms with E-state index in [1.807, 2.05) is 0 Å². The van der Waals surface area contributed by atoms with Crippen molar-refractivity contribution in [3.8, 4) is 6.07 Å².